The first-order valence-electron chi connectivity index (χ1n) is 5.94. The maximum Gasteiger partial charge on any atom is 0.237 e. The Morgan fingerprint density at radius 1 is 1.56 bits per heavy atom. The van der Waals surface area contributed by atoms with E-state index in [-0.39, 0.29) is 24.3 Å². The highest BCUT2D eigenvalue weighted by Gasteiger charge is 2.30. The van der Waals surface area contributed by atoms with E-state index < -0.39 is 0 Å². The summed E-state index contributed by atoms with van der Waals surface area (Å²) in [7, 11) is 1.89. The molecule has 5 nitrogen and oxygen atoms in total. The second-order valence-corrected chi connectivity index (χ2v) is 4.69. The van der Waals surface area contributed by atoms with Crippen LogP contribution in [0, 0.1) is 0 Å². The topological polar surface area (TPSA) is 61.4 Å². The Bertz CT molecular complexity index is 289. The number of likely N-dealkylation sites (N-methyl/N-ethyl adjacent to an activating group) is 1. The molecule has 1 aliphatic heterocycles. The summed E-state index contributed by atoms with van der Waals surface area (Å²) < 4.78 is 0. The number of nitrogens with one attached hydrogen (secondary N) is 2. The average molecular weight is 225 g/mol. The zero-order valence-corrected chi connectivity index (χ0v) is 9.66. The van der Waals surface area contributed by atoms with E-state index in [2.05, 4.69) is 10.6 Å². The summed E-state index contributed by atoms with van der Waals surface area (Å²) in [5.41, 5.74) is 0. The zero-order valence-electron chi connectivity index (χ0n) is 9.66. The van der Waals surface area contributed by atoms with Crippen molar-refractivity contribution in [3.05, 3.63) is 0 Å². The third-order valence-electron chi connectivity index (χ3n) is 3.45. The van der Waals surface area contributed by atoms with Gasteiger partial charge in [0.05, 0.1) is 12.5 Å². The molecular formula is C11H19N3O2. The molecule has 1 saturated carbocycles. The normalized spacial score (nSPS) is 27.1. The van der Waals surface area contributed by atoms with Crippen LogP contribution in [0.25, 0.3) is 0 Å². The first kappa shape index (κ1) is 11.4. The van der Waals surface area contributed by atoms with E-state index in [0.29, 0.717) is 12.6 Å². The van der Waals surface area contributed by atoms with Crippen molar-refractivity contribution in [2.45, 2.75) is 37.8 Å². The van der Waals surface area contributed by atoms with Crippen LogP contribution < -0.4 is 10.6 Å². The van der Waals surface area contributed by atoms with Crippen molar-refractivity contribution in [1.29, 1.82) is 0 Å². The monoisotopic (exact) mass is 225 g/mol. The highest BCUT2D eigenvalue weighted by atomic mass is 16.2. The Morgan fingerprint density at radius 3 is 2.88 bits per heavy atom. The lowest BCUT2D eigenvalue weighted by molar-refractivity contribution is -0.133. The number of amides is 2. The maximum absolute atomic E-state index is 11.7. The molecule has 16 heavy (non-hydrogen) atoms. The van der Waals surface area contributed by atoms with Crippen molar-refractivity contribution in [3.8, 4) is 0 Å². The summed E-state index contributed by atoms with van der Waals surface area (Å²) in [5.74, 6) is -0.0314. The third-order valence-corrected chi connectivity index (χ3v) is 3.45. The lowest BCUT2D eigenvalue weighted by atomic mass is 9.93. The van der Waals surface area contributed by atoms with E-state index in [4.69, 9.17) is 0 Å². The molecule has 0 spiro atoms. The van der Waals surface area contributed by atoms with E-state index in [1.807, 2.05) is 11.9 Å². The predicted octanol–water partition coefficient (Wildman–Crippen LogP) is -0.525. The van der Waals surface area contributed by atoms with E-state index in [1.165, 1.54) is 6.42 Å². The van der Waals surface area contributed by atoms with E-state index in [1.54, 1.807) is 0 Å². The van der Waals surface area contributed by atoms with Gasteiger partial charge in [0.2, 0.25) is 11.8 Å². The molecule has 90 valence electrons. The quantitative estimate of drug-likeness (QED) is 0.679. The highest BCUT2D eigenvalue weighted by Crippen LogP contribution is 2.18. The van der Waals surface area contributed by atoms with Gasteiger partial charge in [-0.05, 0) is 26.3 Å². The molecule has 2 amide bonds. The van der Waals surface area contributed by atoms with Gasteiger partial charge in [0.1, 0.15) is 0 Å². The van der Waals surface area contributed by atoms with E-state index in [9.17, 15) is 9.59 Å². The van der Waals surface area contributed by atoms with Gasteiger partial charge in [0.25, 0.3) is 0 Å². The minimum Gasteiger partial charge on any atom is -0.353 e. The van der Waals surface area contributed by atoms with Crippen LogP contribution in [0.1, 0.15) is 25.7 Å². The SMILES string of the molecule is CN1CCNC(=O)C1CC(=O)NC1CCC1. The van der Waals surface area contributed by atoms with Gasteiger partial charge in [-0.2, -0.15) is 0 Å². The van der Waals surface area contributed by atoms with Gasteiger partial charge >= 0.3 is 0 Å². The minimum absolute atomic E-state index is 0.00130. The van der Waals surface area contributed by atoms with Gasteiger partial charge in [-0.1, -0.05) is 0 Å². The highest BCUT2D eigenvalue weighted by molar-refractivity contribution is 5.88. The summed E-state index contributed by atoms with van der Waals surface area (Å²) in [5, 5.41) is 5.75. The standard InChI is InChI=1S/C11H19N3O2/c1-14-6-5-12-11(16)9(14)7-10(15)13-8-3-2-4-8/h8-9H,2-7H2,1H3,(H,12,16)(H,13,15). The van der Waals surface area contributed by atoms with Crippen LogP contribution >= 0.6 is 0 Å². The van der Waals surface area contributed by atoms with Crippen LogP contribution in [0.5, 0.6) is 0 Å². The Balaban J connectivity index is 1.81. The smallest absolute Gasteiger partial charge is 0.237 e. The summed E-state index contributed by atoms with van der Waals surface area (Å²) in [6.07, 6.45) is 3.64. The number of carbonyl (C=O) groups is 2. The van der Waals surface area contributed by atoms with Crippen LogP contribution in [0.4, 0.5) is 0 Å². The molecule has 0 radical (unpaired) electrons. The fourth-order valence-electron chi connectivity index (χ4n) is 2.09. The lowest BCUT2D eigenvalue weighted by Crippen LogP contribution is -2.55. The molecule has 0 bridgehead atoms. The average Bonchev–Trinajstić information content (AvgIpc) is 2.18. The molecule has 1 heterocycles. The molecule has 2 aliphatic rings. The molecule has 1 saturated heterocycles. The summed E-state index contributed by atoms with van der Waals surface area (Å²) in [6, 6.07) is 0.0540. The molecular weight excluding hydrogens is 206 g/mol. The van der Waals surface area contributed by atoms with Gasteiger partial charge in [0, 0.05) is 19.1 Å². The fourth-order valence-corrected chi connectivity index (χ4v) is 2.09. The third kappa shape index (κ3) is 2.52. The zero-order chi connectivity index (χ0) is 11.5. The molecule has 1 atom stereocenters. The Kier molecular flexibility index (Phi) is 3.43. The van der Waals surface area contributed by atoms with Crippen LogP contribution in [0.15, 0.2) is 0 Å². The van der Waals surface area contributed by atoms with Crippen LogP contribution in [0.2, 0.25) is 0 Å². The first-order valence-corrected chi connectivity index (χ1v) is 5.94. The molecule has 1 unspecified atom stereocenters. The predicted molar refractivity (Wildman–Crippen MR) is 59.8 cm³/mol. The molecule has 0 aromatic carbocycles. The number of piperazine rings is 1. The van der Waals surface area contributed by atoms with Crippen molar-refractivity contribution < 1.29 is 9.59 Å². The molecule has 2 N–H and O–H groups in total. The minimum atomic E-state index is -0.297. The van der Waals surface area contributed by atoms with Gasteiger partial charge in [0.15, 0.2) is 0 Å². The van der Waals surface area contributed by atoms with Crippen LogP contribution in [0.3, 0.4) is 0 Å². The van der Waals surface area contributed by atoms with Gasteiger partial charge in [-0.15, -0.1) is 0 Å². The van der Waals surface area contributed by atoms with E-state index in [0.717, 1.165) is 19.4 Å². The molecule has 1 aliphatic carbocycles. The number of rotatable bonds is 3. The van der Waals surface area contributed by atoms with E-state index >= 15 is 0 Å². The molecule has 5 heteroatoms. The molecule has 2 fully saturated rings. The van der Waals surface area contributed by atoms with Gasteiger partial charge in [-0.3, -0.25) is 14.5 Å². The lowest BCUT2D eigenvalue weighted by Gasteiger charge is -2.32. The summed E-state index contributed by atoms with van der Waals surface area (Å²) in [6.45, 7) is 1.49. The number of hydrogen-bond donors (Lipinski definition) is 2. The van der Waals surface area contributed by atoms with Crippen molar-refractivity contribution in [2.24, 2.45) is 0 Å². The van der Waals surface area contributed by atoms with Gasteiger partial charge in [-0.25, -0.2) is 0 Å². The van der Waals surface area contributed by atoms with Crippen LogP contribution in [-0.2, 0) is 9.59 Å². The molecule has 0 aromatic rings. The number of hydrogen-bond acceptors (Lipinski definition) is 3. The number of nitrogens with zero attached hydrogens (tertiary/aromatic N) is 1. The number of carbonyl (C=O) groups excluding carboxylic acids is 2. The van der Waals surface area contributed by atoms with Crippen molar-refractivity contribution in [3.63, 3.8) is 0 Å². The molecule has 2 rings (SSSR count). The van der Waals surface area contributed by atoms with Crippen LogP contribution in [-0.4, -0.2) is 48.9 Å². The largest absolute Gasteiger partial charge is 0.353 e. The fraction of sp³-hybridized carbons (Fsp3) is 0.818. The first-order chi connectivity index (χ1) is 7.66. The Hall–Kier alpha value is -1.10. The van der Waals surface area contributed by atoms with Crippen molar-refractivity contribution in [1.82, 2.24) is 15.5 Å². The summed E-state index contributed by atoms with van der Waals surface area (Å²) in [4.78, 5) is 25.2. The second kappa shape index (κ2) is 4.82. The molecule has 0 aromatic heterocycles. The Morgan fingerprint density at radius 2 is 2.31 bits per heavy atom. The second-order valence-electron chi connectivity index (χ2n) is 4.69. The maximum atomic E-state index is 11.7. The Labute approximate surface area is 95.6 Å². The van der Waals surface area contributed by atoms with Gasteiger partial charge < -0.3 is 10.6 Å². The van der Waals surface area contributed by atoms with Crippen molar-refractivity contribution >= 4 is 11.8 Å². The summed E-state index contributed by atoms with van der Waals surface area (Å²) >= 11 is 0. The van der Waals surface area contributed by atoms with Crippen molar-refractivity contribution in [2.75, 3.05) is 20.1 Å².